The van der Waals surface area contributed by atoms with Crippen molar-refractivity contribution in [2.75, 3.05) is 14.2 Å². The smallest absolute Gasteiger partial charge is 0.209 e. The number of fused-ring (bicyclic) bond motifs is 1. The Balaban J connectivity index is 1.91. The van der Waals surface area contributed by atoms with Crippen LogP contribution in [0.2, 0.25) is 0 Å². The van der Waals surface area contributed by atoms with Crippen LogP contribution >= 0.6 is 0 Å². The molecule has 25 heavy (non-hydrogen) atoms. The van der Waals surface area contributed by atoms with Gasteiger partial charge in [-0.05, 0) is 37.6 Å². The Morgan fingerprint density at radius 2 is 1.64 bits per heavy atom. The van der Waals surface area contributed by atoms with Crippen LogP contribution in [-0.4, -0.2) is 35.8 Å². The molecule has 0 saturated heterocycles. The van der Waals surface area contributed by atoms with Gasteiger partial charge in [-0.1, -0.05) is 12.1 Å². The predicted molar refractivity (Wildman–Crippen MR) is 94.1 cm³/mol. The van der Waals surface area contributed by atoms with Crippen molar-refractivity contribution in [3.8, 4) is 11.5 Å². The third-order valence-corrected chi connectivity index (χ3v) is 4.25. The van der Waals surface area contributed by atoms with Crippen LogP contribution in [0.3, 0.4) is 0 Å². The fourth-order valence-electron chi connectivity index (χ4n) is 2.64. The summed E-state index contributed by atoms with van der Waals surface area (Å²) in [6.07, 6.45) is 3.53. The fourth-order valence-corrected chi connectivity index (χ4v) is 2.64. The van der Waals surface area contributed by atoms with E-state index in [1.165, 1.54) is 0 Å². The number of hydrogen-bond acceptors (Lipinski definition) is 5. The number of nitrogens with one attached hydrogen (secondary N) is 1. The first-order chi connectivity index (χ1) is 12.0. The molecule has 2 aromatic rings. The lowest BCUT2D eigenvalue weighted by molar-refractivity contribution is 0.0970. The maximum absolute atomic E-state index is 12.3. The first kappa shape index (κ1) is 16.7. The minimum absolute atomic E-state index is 0.181. The lowest BCUT2D eigenvalue weighted by Crippen LogP contribution is -2.19. The van der Waals surface area contributed by atoms with E-state index < -0.39 is 0 Å². The van der Waals surface area contributed by atoms with Crippen molar-refractivity contribution >= 4 is 23.7 Å². The number of aromatic nitrogens is 2. The number of hydrogen-bond donors (Lipinski definition) is 1. The monoisotopic (exact) mass is 338 g/mol. The van der Waals surface area contributed by atoms with Gasteiger partial charge in [0.25, 0.3) is 0 Å². The van der Waals surface area contributed by atoms with Crippen LogP contribution in [0.1, 0.15) is 46.2 Å². The van der Waals surface area contributed by atoms with Crippen LogP contribution in [0.5, 0.6) is 11.5 Å². The van der Waals surface area contributed by atoms with E-state index in [9.17, 15) is 9.59 Å². The number of aromatic amines is 1. The Labute approximate surface area is 145 Å². The Hall–Kier alpha value is -3.15. The molecule has 0 radical (unpaired) electrons. The third kappa shape index (κ3) is 2.87. The van der Waals surface area contributed by atoms with Crippen molar-refractivity contribution in [1.82, 2.24) is 9.97 Å². The number of carbonyl (C=O) groups is 2. The van der Waals surface area contributed by atoms with E-state index in [1.807, 2.05) is 18.2 Å². The molecule has 6 heteroatoms. The predicted octanol–water partition coefficient (Wildman–Crippen LogP) is 3.31. The lowest BCUT2D eigenvalue weighted by Gasteiger charge is -2.10. The van der Waals surface area contributed by atoms with Crippen LogP contribution in [0.25, 0.3) is 12.2 Å². The van der Waals surface area contributed by atoms with Crippen LogP contribution in [0, 0.1) is 0 Å². The molecule has 1 aliphatic rings. The minimum Gasteiger partial charge on any atom is -0.493 e. The van der Waals surface area contributed by atoms with Gasteiger partial charge in [0.2, 0.25) is 11.6 Å². The summed E-state index contributed by atoms with van der Waals surface area (Å²) >= 11 is 0. The summed E-state index contributed by atoms with van der Waals surface area (Å²) in [6, 6.07) is 5.49. The van der Waals surface area contributed by atoms with Gasteiger partial charge in [0, 0.05) is 11.1 Å². The zero-order valence-electron chi connectivity index (χ0n) is 14.5. The molecule has 1 aromatic carbocycles. The number of nitrogens with zero attached hydrogens (tertiary/aromatic N) is 1. The topological polar surface area (TPSA) is 81.3 Å². The third-order valence-electron chi connectivity index (χ3n) is 4.25. The van der Waals surface area contributed by atoms with Gasteiger partial charge in [0.1, 0.15) is 17.2 Å². The number of ether oxygens (including phenoxy) is 2. The summed E-state index contributed by atoms with van der Waals surface area (Å²) in [5.41, 5.74) is 2.20. The number of rotatable bonds is 4. The lowest BCUT2D eigenvalue weighted by atomic mass is 9.92. The number of H-pyrrole nitrogens is 1. The molecule has 1 N–H and O–H groups in total. The minimum atomic E-state index is -0.214. The zero-order chi connectivity index (χ0) is 18.1. The Kier molecular flexibility index (Phi) is 4.27. The van der Waals surface area contributed by atoms with E-state index in [1.54, 1.807) is 40.2 Å². The van der Waals surface area contributed by atoms with Crippen molar-refractivity contribution in [1.29, 1.82) is 0 Å². The Morgan fingerprint density at radius 1 is 0.960 bits per heavy atom. The molecule has 0 bridgehead atoms. The van der Waals surface area contributed by atoms with Gasteiger partial charge in [-0.25, -0.2) is 4.98 Å². The average Bonchev–Trinajstić information content (AvgIpc) is 3.07. The van der Waals surface area contributed by atoms with Crippen molar-refractivity contribution in [3.05, 3.63) is 52.1 Å². The van der Waals surface area contributed by atoms with E-state index in [0.29, 0.717) is 28.5 Å². The maximum atomic E-state index is 12.3. The molecule has 1 heterocycles. The highest BCUT2D eigenvalue weighted by Crippen LogP contribution is 2.28. The number of methoxy groups -OCH3 is 2. The van der Waals surface area contributed by atoms with Crippen LogP contribution in [-0.2, 0) is 0 Å². The van der Waals surface area contributed by atoms with Gasteiger partial charge < -0.3 is 14.5 Å². The van der Waals surface area contributed by atoms with Gasteiger partial charge >= 0.3 is 0 Å². The largest absolute Gasteiger partial charge is 0.493 e. The molecule has 0 fully saturated rings. The molecular weight excluding hydrogens is 320 g/mol. The fraction of sp³-hybridized carbons (Fsp3) is 0.211. The summed E-state index contributed by atoms with van der Waals surface area (Å²) in [5.74, 6) is 1.30. The van der Waals surface area contributed by atoms with Gasteiger partial charge in [0.05, 0.1) is 14.2 Å². The maximum Gasteiger partial charge on any atom is 0.209 e. The molecule has 0 unspecified atom stereocenters. The molecule has 0 saturated carbocycles. The number of Topliss-reactive ketones (excluding diaryl/α,β-unsaturated/α-hetero) is 2. The Bertz CT molecular complexity index is 893. The molecule has 0 atom stereocenters. The number of benzene rings is 1. The van der Waals surface area contributed by atoms with Crippen molar-refractivity contribution in [2.24, 2.45) is 0 Å². The van der Waals surface area contributed by atoms with Crippen molar-refractivity contribution < 1.29 is 19.1 Å². The van der Waals surface area contributed by atoms with E-state index in [4.69, 9.17) is 9.47 Å². The first-order valence-corrected chi connectivity index (χ1v) is 7.73. The van der Waals surface area contributed by atoms with E-state index >= 15 is 0 Å². The summed E-state index contributed by atoms with van der Waals surface area (Å²) in [6.45, 7) is 3.30. The van der Waals surface area contributed by atoms with Crippen molar-refractivity contribution in [3.63, 3.8) is 0 Å². The summed E-state index contributed by atoms with van der Waals surface area (Å²) in [7, 11) is 3.15. The molecule has 1 aromatic heterocycles. The van der Waals surface area contributed by atoms with Gasteiger partial charge in [-0.3, -0.25) is 9.59 Å². The summed E-state index contributed by atoms with van der Waals surface area (Å²) in [5, 5.41) is 0. The van der Waals surface area contributed by atoms with Crippen LogP contribution in [0.4, 0.5) is 0 Å². The summed E-state index contributed by atoms with van der Waals surface area (Å²) < 4.78 is 10.5. The summed E-state index contributed by atoms with van der Waals surface area (Å²) in [4.78, 5) is 31.7. The molecule has 3 rings (SSSR count). The van der Waals surface area contributed by atoms with Crippen LogP contribution < -0.4 is 9.47 Å². The number of ketones is 2. The number of carbonyl (C=O) groups excluding carboxylic acids is 2. The van der Waals surface area contributed by atoms with Gasteiger partial charge in [0.15, 0.2) is 11.5 Å². The van der Waals surface area contributed by atoms with E-state index in [0.717, 1.165) is 5.56 Å². The first-order valence-electron chi connectivity index (χ1n) is 7.73. The quantitative estimate of drug-likeness (QED) is 0.925. The second kappa shape index (κ2) is 6.39. The normalized spacial score (nSPS) is 14.2. The zero-order valence-corrected chi connectivity index (χ0v) is 14.5. The standard InChI is InChI=1S/C19H18N2O4/c1-10-11(2)19(23)17-16(18(10)22)20-15(21-17)8-6-12-5-7-13(24-3)14(9-12)25-4/h5-9H,1-4H3,(H,20,21). The second-order valence-electron chi connectivity index (χ2n) is 5.70. The van der Waals surface area contributed by atoms with Crippen LogP contribution in [0.15, 0.2) is 29.3 Å². The van der Waals surface area contributed by atoms with E-state index in [-0.39, 0.29) is 23.0 Å². The molecule has 1 aliphatic carbocycles. The van der Waals surface area contributed by atoms with Gasteiger partial charge in [-0.2, -0.15) is 0 Å². The van der Waals surface area contributed by atoms with E-state index in [2.05, 4.69) is 9.97 Å². The molecule has 128 valence electrons. The molecule has 0 aliphatic heterocycles. The number of allylic oxidation sites excluding steroid dienone is 2. The Morgan fingerprint density at radius 3 is 2.32 bits per heavy atom. The van der Waals surface area contributed by atoms with Gasteiger partial charge in [-0.15, -0.1) is 0 Å². The van der Waals surface area contributed by atoms with Crippen molar-refractivity contribution in [2.45, 2.75) is 13.8 Å². The highest BCUT2D eigenvalue weighted by atomic mass is 16.5. The molecular formula is C19H18N2O4. The average molecular weight is 338 g/mol. The molecule has 6 nitrogen and oxygen atoms in total. The second-order valence-corrected chi connectivity index (χ2v) is 5.70. The highest BCUT2D eigenvalue weighted by Gasteiger charge is 2.30. The SMILES string of the molecule is COc1ccc(C=Cc2nc3c([nH]2)C(=O)C(C)=C(C)C3=O)cc1OC. The molecule has 0 spiro atoms. The number of imidazole rings is 1. The molecule has 0 amide bonds. The highest BCUT2D eigenvalue weighted by molar-refractivity contribution is 6.25.